The lowest BCUT2D eigenvalue weighted by atomic mass is 9.65. The predicted octanol–water partition coefficient (Wildman–Crippen LogP) is 3.26. The van der Waals surface area contributed by atoms with E-state index in [-0.39, 0.29) is 17.6 Å². The Morgan fingerprint density at radius 3 is 2.14 bits per heavy atom. The monoisotopic (exact) mass is 311 g/mol. The van der Waals surface area contributed by atoms with Crippen molar-refractivity contribution >= 4 is 5.96 Å². The Morgan fingerprint density at radius 1 is 1.18 bits per heavy atom. The van der Waals surface area contributed by atoms with Crippen molar-refractivity contribution in [2.24, 2.45) is 15.8 Å². The van der Waals surface area contributed by atoms with E-state index in [1.807, 2.05) is 0 Å². The molecule has 0 unspecified atom stereocenters. The standard InChI is InChI=1S/C18H37N3O/c1-8-18(9-2,11-12-22)13-20-15(19-10-3)21-14-16(4,5)17(21,6)7/h22H,8-14H2,1-7H3,(H,19,20). The lowest BCUT2D eigenvalue weighted by molar-refractivity contribution is -0.0669. The molecule has 1 heterocycles. The molecule has 1 aliphatic rings. The van der Waals surface area contributed by atoms with Gasteiger partial charge in [-0.15, -0.1) is 0 Å². The van der Waals surface area contributed by atoms with Crippen LogP contribution in [0.15, 0.2) is 4.99 Å². The molecule has 0 aromatic rings. The number of aliphatic hydroxyl groups excluding tert-OH is 1. The van der Waals surface area contributed by atoms with Gasteiger partial charge in [-0.1, -0.05) is 27.7 Å². The Bertz CT molecular complexity index is 384. The Kier molecular flexibility index (Phi) is 6.31. The highest BCUT2D eigenvalue weighted by atomic mass is 16.3. The van der Waals surface area contributed by atoms with Crippen LogP contribution in [0, 0.1) is 10.8 Å². The van der Waals surface area contributed by atoms with Crippen molar-refractivity contribution in [1.82, 2.24) is 10.2 Å². The molecule has 0 radical (unpaired) electrons. The van der Waals surface area contributed by atoms with E-state index in [1.54, 1.807) is 0 Å². The van der Waals surface area contributed by atoms with Crippen LogP contribution in [0.4, 0.5) is 0 Å². The third-order valence-corrected chi connectivity index (χ3v) is 6.18. The quantitative estimate of drug-likeness (QED) is 0.560. The Balaban J connectivity index is 2.92. The van der Waals surface area contributed by atoms with Gasteiger partial charge in [0.15, 0.2) is 5.96 Å². The summed E-state index contributed by atoms with van der Waals surface area (Å²) in [7, 11) is 0. The maximum absolute atomic E-state index is 9.38. The molecule has 0 spiro atoms. The maximum atomic E-state index is 9.38. The van der Waals surface area contributed by atoms with Gasteiger partial charge < -0.3 is 15.3 Å². The van der Waals surface area contributed by atoms with Gasteiger partial charge in [0.05, 0.1) is 0 Å². The number of guanidine groups is 1. The summed E-state index contributed by atoms with van der Waals surface area (Å²) in [6.07, 6.45) is 2.95. The molecule has 130 valence electrons. The first kappa shape index (κ1) is 19.3. The largest absolute Gasteiger partial charge is 0.396 e. The van der Waals surface area contributed by atoms with Crippen molar-refractivity contribution in [3.63, 3.8) is 0 Å². The van der Waals surface area contributed by atoms with Crippen molar-refractivity contribution in [3.05, 3.63) is 0 Å². The number of rotatable bonds is 7. The lowest BCUT2D eigenvalue weighted by Gasteiger charge is -2.62. The molecule has 0 aromatic heterocycles. The van der Waals surface area contributed by atoms with Gasteiger partial charge in [-0.05, 0) is 45.4 Å². The first-order valence-corrected chi connectivity index (χ1v) is 8.86. The molecule has 0 saturated carbocycles. The topological polar surface area (TPSA) is 47.9 Å². The summed E-state index contributed by atoms with van der Waals surface area (Å²) in [5.41, 5.74) is 0.549. The normalized spacial score (nSPS) is 20.7. The van der Waals surface area contributed by atoms with Crippen LogP contribution >= 0.6 is 0 Å². The first-order chi connectivity index (χ1) is 10.2. The molecule has 22 heavy (non-hydrogen) atoms. The van der Waals surface area contributed by atoms with E-state index in [0.29, 0.717) is 5.41 Å². The minimum absolute atomic E-state index is 0.117. The molecule has 1 aliphatic heterocycles. The summed E-state index contributed by atoms with van der Waals surface area (Å²) in [5.74, 6) is 1.02. The maximum Gasteiger partial charge on any atom is 0.194 e. The third kappa shape index (κ3) is 3.58. The summed E-state index contributed by atoms with van der Waals surface area (Å²) < 4.78 is 0. The second-order valence-electron chi connectivity index (χ2n) is 7.88. The minimum Gasteiger partial charge on any atom is -0.396 e. The van der Waals surface area contributed by atoms with Gasteiger partial charge in [-0.3, -0.25) is 4.99 Å². The molecule has 1 fully saturated rings. The van der Waals surface area contributed by atoms with E-state index in [4.69, 9.17) is 4.99 Å². The Morgan fingerprint density at radius 2 is 1.77 bits per heavy atom. The zero-order chi connectivity index (χ0) is 17.0. The van der Waals surface area contributed by atoms with Crippen LogP contribution in [-0.4, -0.2) is 47.7 Å². The summed E-state index contributed by atoms with van der Waals surface area (Å²) in [5, 5.41) is 12.8. The number of aliphatic hydroxyl groups is 1. The van der Waals surface area contributed by atoms with Crippen LogP contribution in [0.5, 0.6) is 0 Å². The number of nitrogens with zero attached hydrogens (tertiary/aromatic N) is 2. The van der Waals surface area contributed by atoms with E-state index < -0.39 is 0 Å². The van der Waals surface area contributed by atoms with Gasteiger partial charge >= 0.3 is 0 Å². The summed E-state index contributed by atoms with van der Waals surface area (Å²) >= 11 is 0. The Labute approximate surface area is 137 Å². The van der Waals surface area contributed by atoms with E-state index in [2.05, 4.69) is 58.7 Å². The van der Waals surface area contributed by atoms with Crippen molar-refractivity contribution in [3.8, 4) is 0 Å². The SMILES string of the molecule is CCNC(=NCC(CC)(CC)CCO)N1CC(C)(C)C1(C)C. The second kappa shape index (κ2) is 7.20. The van der Waals surface area contributed by atoms with Gasteiger partial charge in [0.2, 0.25) is 0 Å². The first-order valence-electron chi connectivity index (χ1n) is 8.86. The van der Waals surface area contributed by atoms with Gasteiger partial charge in [0, 0.05) is 37.2 Å². The van der Waals surface area contributed by atoms with E-state index in [1.165, 1.54) is 0 Å². The molecule has 4 nitrogen and oxygen atoms in total. The summed E-state index contributed by atoms with van der Waals surface area (Å²) in [4.78, 5) is 7.34. The second-order valence-corrected chi connectivity index (χ2v) is 7.88. The molecule has 0 amide bonds. The fourth-order valence-electron chi connectivity index (χ4n) is 3.18. The van der Waals surface area contributed by atoms with Crippen molar-refractivity contribution in [1.29, 1.82) is 0 Å². The van der Waals surface area contributed by atoms with Crippen molar-refractivity contribution in [2.45, 2.75) is 73.3 Å². The van der Waals surface area contributed by atoms with Gasteiger partial charge in [-0.2, -0.15) is 0 Å². The molecule has 0 atom stereocenters. The van der Waals surface area contributed by atoms with Crippen LogP contribution in [0.3, 0.4) is 0 Å². The Hall–Kier alpha value is -0.770. The number of nitrogens with one attached hydrogen (secondary N) is 1. The average molecular weight is 312 g/mol. The van der Waals surface area contributed by atoms with E-state index >= 15 is 0 Å². The molecule has 1 rings (SSSR count). The zero-order valence-electron chi connectivity index (χ0n) is 15.8. The highest BCUT2D eigenvalue weighted by Gasteiger charge is 2.53. The molecular weight excluding hydrogens is 274 g/mol. The third-order valence-electron chi connectivity index (χ3n) is 6.18. The molecular formula is C18H37N3O. The van der Waals surface area contributed by atoms with Crippen LogP contribution in [-0.2, 0) is 0 Å². The molecule has 1 saturated heterocycles. The number of likely N-dealkylation sites (tertiary alicyclic amines) is 1. The highest BCUT2D eigenvalue weighted by molar-refractivity contribution is 5.82. The molecule has 2 N–H and O–H groups in total. The number of hydrogen-bond acceptors (Lipinski definition) is 2. The smallest absolute Gasteiger partial charge is 0.194 e. The summed E-state index contributed by atoms with van der Waals surface area (Å²) in [6, 6.07) is 0. The fourth-order valence-corrected chi connectivity index (χ4v) is 3.18. The van der Waals surface area contributed by atoms with Gasteiger partial charge in [0.1, 0.15) is 0 Å². The van der Waals surface area contributed by atoms with Gasteiger partial charge in [-0.25, -0.2) is 0 Å². The molecule has 0 aliphatic carbocycles. The van der Waals surface area contributed by atoms with Gasteiger partial charge in [0.25, 0.3) is 0 Å². The van der Waals surface area contributed by atoms with Crippen LogP contribution in [0.25, 0.3) is 0 Å². The summed E-state index contributed by atoms with van der Waals surface area (Å²) in [6.45, 7) is 18.7. The average Bonchev–Trinajstić information content (AvgIpc) is 2.48. The molecule has 0 aromatic carbocycles. The van der Waals surface area contributed by atoms with Crippen LogP contribution < -0.4 is 5.32 Å². The molecule has 4 heteroatoms. The van der Waals surface area contributed by atoms with Crippen LogP contribution in [0.2, 0.25) is 0 Å². The number of hydrogen-bond donors (Lipinski definition) is 2. The minimum atomic E-state index is 0.117. The fraction of sp³-hybridized carbons (Fsp3) is 0.944. The highest BCUT2D eigenvalue weighted by Crippen LogP contribution is 2.46. The van der Waals surface area contributed by atoms with Crippen molar-refractivity contribution < 1.29 is 5.11 Å². The lowest BCUT2D eigenvalue weighted by Crippen LogP contribution is -2.72. The predicted molar refractivity (Wildman–Crippen MR) is 95.3 cm³/mol. The van der Waals surface area contributed by atoms with Crippen LogP contribution in [0.1, 0.15) is 67.7 Å². The number of aliphatic imine (C=N–C) groups is 1. The van der Waals surface area contributed by atoms with Crippen molar-refractivity contribution in [2.75, 3.05) is 26.2 Å². The zero-order valence-corrected chi connectivity index (χ0v) is 15.8. The molecule has 0 bridgehead atoms. The van der Waals surface area contributed by atoms with E-state index in [0.717, 1.165) is 44.9 Å². The van der Waals surface area contributed by atoms with E-state index in [9.17, 15) is 5.11 Å².